The first-order valence-corrected chi connectivity index (χ1v) is 7.62. The lowest BCUT2D eigenvalue weighted by molar-refractivity contribution is -0.127. The Balaban J connectivity index is 2.53. The fraction of sp³-hybridized carbons (Fsp3) is 0.588. The maximum atomic E-state index is 12.0. The molecule has 118 valence electrons. The predicted octanol–water partition coefficient (Wildman–Crippen LogP) is 2.85. The van der Waals surface area contributed by atoms with Gasteiger partial charge in [0, 0.05) is 12.6 Å². The third-order valence-electron chi connectivity index (χ3n) is 3.39. The molecule has 0 saturated carbocycles. The topological polar surface area (TPSA) is 58.6 Å². The zero-order valence-corrected chi connectivity index (χ0v) is 13.4. The monoisotopic (exact) mass is 293 g/mol. The smallest absolute Gasteiger partial charge is 0.260 e. The molecule has 0 aliphatic heterocycles. The van der Waals surface area contributed by atoms with Gasteiger partial charge in [0.05, 0.1) is 0 Å². The van der Waals surface area contributed by atoms with E-state index in [1.54, 1.807) is 6.92 Å². The molecule has 0 bridgehead atoms. The van der Waals surface area contributed by atoms with Gasteiger partial charge in [-0.25, -0.2) is 0 Å². The fourth-order valence-electron chi connectivity index (χ4n) is 2.03. The zero-order valence-electron chi connectivity index (χ0n) is 13.4. The van der Waals surface area contributed by atoms with E-state index in [1.165, 1.54) is 5.56 Å². The first kappa shape index (κ1) is 17.5. The molecular weight excluding hydrogens is 266 g/mol. The molecule has 1 amide bonds. The van der Waals surface area contributed by atoms with Crippen LogP contribution < -0.4 is 10.1 Å². The van der Waals surface area contributed by atoms with Crippen LogP contribution in [0.1, 0.15) is 52.0 Å². The van der Waals surface area contributed by atoms with Gasteiger partial charge in [0.25, 0.3) is 5.91 Å². The van der Waals surface area contributed by atoms with E-state index in [-0.39, 0.29) is 18.6 Å². The van der Waals surface area contributed by atoms with E-state index >= 15 is 0 Å². The number of carbonyl (C=O) groups is 1. The Bertz CT molecular complexity index is 445. The second-order valence-electron chi connectivity index (χ2n) is 5.76. The van der Waals surface area contributed by atoms with E-state index < -0.39 is 6.10 Å². The standard InChI is InChI=1S/C17H27NO3/c1-12(2)15-8-5-9-16(11-15)21-14(4)17(20)18-13(3)7-6-10-19/h5,8-9,11-14,19H,6-7,10H2,1-4H3,(H,18,20). The van der Waals surface area contributed by atoms with E-state index in [4.69, 9.17) is 9.84 Å². The summed E-state index contributed by atoms with van der Waals surface area (Å²) in [6.45, 7) is 8.07. The molecule has 0 radical (unpaired) electrons. The van der Waals surface area contributed by atoms with Crippen molar-refractivity contribution in [3.63, 3.8) is 0 Å². The quantitative estimate of drug-likeness (QED) is 0.775. The van der Waals surface area contributed by atoms with Gasteiger partial charge in [0.2, 0.25) is 0 Å². The van der Waals surface area contributed by atoms with Gasteiger partial charge in [-0.2, -0.15) is 0 Å². The van der Waals surface area contributed by atoms with E-state index in [0.717, 1.165) is 6.42 Å². The molecule has 2 atom stereocenters. The summed E-state index contributed by atoms with van der Waals surface area (Å²) in [5.74, 6) is 1.01. The van der Waals surface area contributed by atoms with Crippen molar-refractivity contribution in [3.8, 4) is 5.75 Å². The van der Waals surface area contributed by atoms with Crippen LogP contribution in [-0.4, -0.2) is 29.8 Å². The number of carbonyl (C=O) groups excluding carboxylic acids is 1. The third kappa shape index (κ3) is 6.17. The van der Waals surface area contributed by atoms with Crippen molar-refractivity contribution < 1.29 is 14.6 Å². The van der Waals surface area contributed by atoms with Crippen LogP contribution in [0.15, 0.2) is 24.3 Å². The van der Waals surface area contributed by atoms with Crippen molar-refractivity contribution in [2.45, 2.75) is 58.6 Å². The second kappa shape index (κ2) is 8.67. The average molecular weight is 293 g/mol. The predicted molar refractivity (Wildman–Crippen MR) is 84.5 cm³/mol. The summed E-state index contributed by atoms with van der Waals surface area (Å²) in [6, 6.07) is 7.88. The Morgan fingerprint density at radius 2 is 2.00 bits per heavy atom. The summed E-state index contributed by atoms with van der Waals surface area (Å²) in [4.78, 5) is 12.0. The van der Waals surface area contributed by atoms with Crippen LogP contribution in [0, 0.1) is 0 Å². The van der Waals surface area contributed by atoms with E-state index in [0.29, 0.717) is 18.1 Å². The van der Waals surface area contributed by atoms with Crippen LogP contribution in [0.4, 0.5) is 0 Å². The summed E-state index contributed by atoms with van der Waals surface area (Å²) in [7, 11) is 0. The molecular formula is C17H27NO3. The Morgan fingerprint density at radius 1 is 1.29 bits per heavy atom. The summed E-state index contributed by atoms with van der Waals surface area (Å²) in [6.07, 6.45) is 0.911. The molecule has 2 N–H and O–H groups in total. The summed E-state index contributed by atoms with van der Waals surface area (Å²) in [5.41, 5.74) is 1.19. The number of aliphatic hydroxyl groups is 1. The Kier molecular flexibility index (Phi) is 7.23. The van der Waals surface area contributed by atoms with Crippen LogP contribution in [0.3, 0.4) is 0 Å². The molecule has 0 heterocycles. The molecule has 21 heavy (non-hydrogen) atoms. The molecule has 0 aliphatic rings. The van der Waals surface area contributed by atoms with Crippen molar-refractivity contribution in [2.24, 2.45) is 0 Å². The lowest BCUT2D eigenvalue weighted by atomic mass is 10.0. The molecule has 0 saturated heterocycles. The number of hydrogen-bond donors (Lipinski definition) is 2. The Morgan fingerprint density at radius 3 is 2.62 bits per heavy atom. The molecule has 1 rings (SSSR count). The van der Waals surface area contributed by atoms with Crippen molar-refractivity contribution in [2.75, 3.05) is 6.61 Å². The maximum Gasteiger partial charge on any atom is 0.260 e. The maximum absolute atomic E-state index is 12.0. The number of rotatable bonds is 8. The fourth-order valence-corrected chi connectivity index (χ4v) is 2.03. The molecule has 2 unspecified atom stereocenters. The molecule has 1 aromatic carbocycles. The van der Waals surface area contributed by atoms with Gasteiger partial charge in [-0.1, -0.05) is 26.0 Å². The highest BCUT2D eigenvalue weighted by atomic mass is 16.5. The summed E-state index contributed by atoms with van der Waals surface area (Å²) < 4.78 is 5.71. The minimum atomic E-state index is -0.538. The molecule has 0 spiro atoms. The largest absolute Gasteiger partial charge is 0.481 e. The first-order chi connectivity index (χ1) is 9.93. The van der Waals surface area contributed by atoms with Gasteiger partial charge in [-0.05, 0) is 50.3 Å². The second-order valence-corrected chi connectivity index (χ2v) is 5.76. The van der Waals surface area contributed by atoms with E-state index in [2.05, 4.69) is 25.2 Å². The van der Waals surface area contributed by atoms with Gasteiger partial charge in [0.1, 0.15) is 5.75 Å². The molecule has 0 aliphatic carbocycles. The van der Waals surface area contributed by atoms with Crippen molar-refractivity contribution >= 4 is 5.91 Å². The van der Waals surface area contributed by atoms with Crippen LogP contribution >= 0.6 is 0 Å². The Hall–Kier alpha value is -1.55. The number of amides is 1. The number of benzene rings is 1. The number of nitrogens with one attached hydrogen (secondary N) is 1. The molecule has 0 fully saturated rings. The highest BCUT2D eigenvalue weighted by Gasteiger charge is 2.17. The van der Waals surface area contributed by atoms with Crippen molar-refractivity contribution in [1.82, 2.24) is 5.32 Å². The summed E-state index contributed by atoms with van der Waals surface area (Å²) >= 11 is 0. The molecule has 4 nitrogen and oxygen atoms in total. The van der Waals surface area contributed by atoms with Gasteiger partial charge >= 0.3 is 0 Å². The SMILES string of the molecule is CC(CCCO)NC(=O)C(C)Oc1cccc(C(C)C)c1. The van der Waals surface area contributed by atoms with Crippen LogP contribution in [0.25, 0.3) is 0 Å². The normalized spacial score (nSPS) is 13.8. The van der Waals surface area contributed by atoms with Gasteiger partial charge in [0.15, 0.2) is 6.10 Å². The van der Waals surface area contributed by atoms with Gasteiger partial charge < -0.3 is 15.2 Å². The lowest BCUT2D eigenvalue weighted by Gasteiger charge is -2.19. The summed E-state index contributed by atoms with van der Waals surface area (Å²) in [5, 5.41) is 11.7. The highest BCUT2D eigenvalue weighted by Crippen LogP contribution is 2.21. The van der Waals surface area contributed by atoms with Gasteiger partial charge in [-0.15, -0.1) is 0 Å². The Labute approximate surface area is 127 Å². The number of aliphatic hydroxyl groups excluding tert-OH is 1. The molecule has 1 aromatic rings. The van der Waals surface area contributed by atoms with Crippen LogP contribution in [-0.2, 0) is 4.79 Å². The molecule has 0 aromatic heterocycles. The lowest BCUT2D eigenvalue weighted by Crippen LogP contribution is -2.41. The minimum absolute atomic E-state index is 0.0395. The third-order valence-corrected chi connectivity index (χ3v) is 3.39. The van der Waals surface area contributed by atoms with Crippen molar-refractivity contribution in [3.05, 3.63) is 29.8 Å². The zero-order chi connectivity index (χ0) is 15.8. The van der Waals surface area contributed by atoms with E-state index in [9.17, 15) is 4.79 Å². The van der Waals surface area contributed by atoms with E-state index in [1.807, 2.05) is 25.1 Å². The molecule has 4 heteroatoms. The van der Waals surface area contributed by atoms with Crippen LogP contribution in [0.5, 0.6) is 5.75 Å². The average Bonchev–Trinajstić information content (AvgIpc) is 2.45. The number of ether oxygens (including phenoxy) is 1. The highest BCUT2D eigenvalue weighted by molar-refractivity contribution is 5.80. The number of hydrogen-bond acceptors (Lipinski definition) is 3. The first-order valence-electron chi connectivity index (χ1n) is 7.62. The van der Waals surface area contributed by atoms with Crippen LogP contribution in [0.2, 0.25) is 0 Å². The van der Waals surface area contributed by atoms with Crippen molar-refractivity contribution in [1.29, 1.82) is 0 Å². The van der Waals surface area contributed by atoms with Gasteiger partial charge in [-0.3, -0.25) is 4.79 Å². The minimum Gasteiger partial charge on any atom is -0.481 e.